The molecule has 19 heteroatoms. The van der Waals surface area contributed by atoms with Gasteiger partial charge in [0.1, 0.15) is 0 Å². The number of morpholine rings is 1. The second-order valence-electron chi connectivity index (χ2n) is 23.3. The molecule has 4 saturated carbocycles. The van der Waals surface area contributed by atoms with Gasteiger partial charge in [-0.2, -0.15) is 0 Å². The number of carbonyl (C=O) groups is 2. The van der Waals surface area contributed by atoms with E-state index in [4.69, 9.17) is 4.74 Å². The predicted molar refractivity (Wildman–Crippen MR) is 297 cm³/mol. The van der Waals surface area contributed by atoms with Crippen LogP contribution in [-0.4, -0.2) is 179 Å². The van der Waals surface area contributed by atoms with Crippen molar-refractivity contribution in [2.75, 3.05) is 119 Å². The fourth-order valence-corrected chi connectivity index (χ4v) is 13.7. The molecule has 2 aromatic carbocycles. The summed E-state index contributed by atoms with van der Waals surface area (Å²) in [6.07, 6.45) is 19.5. The van der Waals surface area contributed by atoms with Crippen LogP contribution in [0.25, 0.3) is 0 Å². The lowest BCUT2D eigenvalue weighted by Crippen LogP contribution is -2.59. The number of aromatic nitrogens is 4. The molecule has 0 unspecified atom stereocenters. The summed E-state index contributed by atoms with van der Waals surface area (Å²) in [5.41, 5.74) is 1.76. The lowest BCUT2D eigenvalue weighted by Gasteiger charge is -2.52. The average molecular weight is 1060 g/mol. The largest absolute Gasteiger partial charge is 0.388 e. The maximum Gasteiger partial charge on any atom is 0.325 e. The molecule has 0 atom stereocenters. The summed E-state index contributed by atoms with van der Waals surface area (Å²) in [6, 6.07) is 21.3. The Morgan fingerprint density at radius 1 is 0.592 bits per heavy atom. The Labute approximate surface area is 455 Å². The normalized spacial score (nSPS) is 29.0. The molecule has 4 aliphatic heterocycles. The van der Waals surface area contributed by atoms with Crippen molar-refractivity contribution < 1.29 is 24.5 Å². The van der Waals surface area contributed by atoms with Gasteiger partial charge < -0.3 is 45.2 Å². The standard InChI is InChI=1S/C29H41N7O2.C28H38N6O3.ClH/c1-33(2)29(23-7-4-3-5-8-23)13-11-27(12-14-29)21-35(26(37)36(27)22-28(38)9-6-10-28)24-19-31-25(32-20-24)34-17-15-30-16-18-34;1-29-28(22-6-3-2-4-7-22)12-10-26(11-13-28)20-33(25(35)34(26)21-27(36)8-5-9-27)23-18-30-24(31-19-23)32-14-16-37-17-15-32;/h3-5,7-8,19-20,30,38H,6,9-18,21-22H2,1-2H3;2-4,6-7,18-19,29,36H,5,8-17,20-21H2,1H3;1H. The van der Waals surface area contributed by atoms with Gasteiger partial charge in [0.25, 0.3) is 0 Å². The maximum atomic E-state index is 14.0. The lowest BCUT2D eigenvalue weighted by molar-refractivity contribution is -0.0725. The summed E-state index contributed by atoms with van der Waals surface area (Å²) in [5.74, 6) is 1.39. The maximum absolute atomic E-state index is 14.0. The van der Waals surface area contributed by atoms with E-state index in [1.807, 2.05) is 26.6 Å². The molecule has 76 heavy (non-hydrogen) atoms. The molecule has 18 nitrogen and oxygen atoms in total. The highest BCUT2D eigenvalue weighted by Gasteiger charge is 2.58. The molecular weight excluding hydrogens is 982 g/mol. The quantitative estimate of drug-likeness (QED) is 0.127. The van der Waals surface area contributed by atoms with Gasteiger partial charge in [0.2, 0.25) is 11.9 Å². The highest BCUT2D eigenvalue weighted by molar-refractivity contribution is 5.96. The van der Waals surface area contributed by atoms with Crippen molar-refractivity contribution in [1.82, 2.24) is 45.3 Å². The van der Waals surface area contributed by atoms with Crippen LogP contribution in [0.3, 0.4) is 0 Å². The van der Waals surface area contributed by atoms with Crippen LogP contribution in [0, 0.1) is 0 Å². The fraction of sp³-hybridized carbons (Fsp3) is 0.614. The first-order valence-electron chi connectivity index (χ1n) is 27.8. The molecule has 410 valence electrons. The van der Waals surface area contributed by atoms with E-state index in [-0.39, 0.29) is 46.6 Å². The number of amides is 4. The Morgan fingerprint density at radius 3 is 1.42 bits per heavy atom. The Kier molecular flexibility index (Phi) is 15.6. The zero-order valence-corrected chi connectivity index (χ0v) is 45.7. The van der Waals surface area contributed by atoms with Crippen molar-refractivity contribution in [2.45, 2.75) is 123 Å². The number of rotatable bonds is 12. The number of benzene rings is 2. The van der Waals surface area contributed by atoms with Gasteiger partial charge in [-0.3, -0.25) is 14.7 Å². The molecule has 4 aliphatic carbocycles. The molecule has 6 heterocycles. The van der Waals surface area contributed by atoms with Gasteiger partial charge in [0, 0.05) is 50.3 Å². The Hall–Kier alpha value is -5.21. The van der Waals surface area contributed by atoms with Crippen molar-refractivity contribution in [3.63, 3.8) is 0 Å². The SMILES string of the molecule is CN(C)C1(c2ccccc2)CCC2(CC1)CN(c1cnc(N3CCNCC3)nc1)C(=O)N2CC1(O)CCC1.CNC1(c2ccccc2)CCC2(CC1)CN(c1cnc(N3CCOCC3)nc1)C(=O)N2CC1(O)CCC1.Cl. The summed E-state index contributed by atoms with van der Waals surface area (Å²) < 4.78 is 5.44. The van der Waals surface area contributed by atoms with Crippen LogP contribution >= 0.6 is 12.4 Å². The minimum absolute atomic E-state index is 0. The Balaban J connectivity index is 0.000000171. The number of hydrogen-bond donors (Lipinski definition) is 4. The fourth-order valence-electron chi connectivity index (χ4n) is 13.7. The second kappa shape index (κ2) is 21.9. The number of nitrogens with zero attached hydrogens (tertiary/aromatic N) is 11. The van der Waals surface area contributed by atoms with E-state index in [9.17, 15) is 19.8 Å². The van der Waals surface area contributed by atoms with Gasteiger partial charge in [-0.1, -0.05) is 60.7 Å². The number of nitrogens with one attached hydrogen (secondary N) is 2. The van der Waals surface area contributed by atoms with Crippen molar-refractivity contribution in [3.05, 3.63) is 96.6 Å². The van der Waals surface area contributed by atoms with Crippen LogP contribution in [0.5, 0.6) is 0 Å². The summed E-state index contributed by atoms with van der Waals surface area (Å²) >= 11 is 0. The average Bonchev–Trinajstić information content (AvgIpc) is 3.90. The zero-order chi connectivity index (χ0) is 51.9. The monoisotopic (exact) mass is 1060 g/mol. The number of anilines is 4. The first-order valence-corrected chi connectivity index (χ1v) is 27.8. The number of piperazine rings is 1. The summed E-state index contributed by atoms with van der Waals surface area (Å²) in [5, 5.41) is 29.2. The summed E-state index contributed by atoms with van der Waals surface area (Å²) in [6.45, 7) is 8.50. The molecule has 2 spiro atoms. The highest BCUT2D eigenvalue weighted by atomic mass is 35.5. The van der Waals surface area contributed by atoms with Crippen LogP contribution < -0.4 is 30.2 Å². The van der Waals surface area contributed by atoms with Crippen molar-refractivity contribution in [3.8, 4) is 0 Å². The van der Waals surface area contributed by atoms with Gasteiger partial charge in [-0.15, -0.1) is 12.4 Å². The number of aliphatic hydroxyl groups is 2. The van der Waals surface area contributed by atoms with Crippen molar-refractivity contribution >= 4 is 47.7 Å². The van der Waals surface area contributed by atoms with E-state index >= 15 is 0 Å². The van der Waals surface area contributed by atoms with E-state index in [2.05, 4.69) is 120 Å². The molecule has 8 aliphatic rings. The van der Waals surface area contributed by atoms with Gasteiger partial charge in [-0.05, 0) is 122 Å². The van der Waals surface area contributed by atoms with Crippen LogP contribution in [0.15, 0.2) is 85.5 Å². The minimum atomic E-state index is -0.771. The topological polar surface area (TPSA) is 182 Å². The van der Waals surface area contributed by atoms with Crippen molar-refractivity contribution in [1.29, 1.82) is 0 Å². The third-order valence-electron chi connectivity index (χ3n) is 19.0. The molecule has 4 N–H and O–H groups in total. The van der Waals surface area contributed by atoms with Gasteiger partial charge in [0.15, 0.2) is 0 Å². The minimum Gasteiger partial charge on any atom is -0.388 e. The molecule has 0 bridgehead atoms. The van der Waals surface area contributed by atoms with E-state index in [1.165, 1.54) is 11.1 Å². The zero-order valence-electron chi connectivity index (χ0n) is 44.9. The van der Waals surface area contributed by atoms with Gasteiger partial charge in [0.05, 0.1) is 97.8 Å². The Morgan fingerprint density at radius 2 is 1.01 bits per heavy atom. The van der Waals surface area contributed by atoms with Crippen LogP contribution in [0.2, 0.25) is 0 Å². The first kappa shape index (κ1) is 54.2. The number of β-amino-alcohol motifs (C(OH)–C–C–N with tert-alkyl or cyclic N) is 2. The lowest BCUT2D eigenvalue weighted by atomic mass is 9.67. The van der Waals surface area contributed by atoms with Gasteiger partial charge >= 0.3 is 12.1 Å². The molecule has 4 amide bonds. The Bertz CT molecular complexity index is 2580. The van der Waals surface area contributed by atoms with E-state index in [1.54, 1.807) is 24.8 Å². The smallest absolute Gasteiger partial charge is 0.325 e. The predicted octanol–water partition coefficient (Wildman–Crippen LogP) is 6.13. The third kappa shape index (κ3) is 10.2. The number of hydrogen-bond acceptors (Lipinski definition) is 14. The number of halogens is 1. The van der Waals surface area contributed by atoms with Crippen molar-refractivity contribution in [2.24, 2.45) is 0 Å². The van der Waals surface area contributed by atoms with E-state index in [0.717, 1.165) is 141 Å². The van der Waals surface area contributed by atoms with E-state index < -0.39 is 11.2 Å². The number of carbonyl (C=O) groups excluding carboxylic acids is 2. The molecule has 12 rings (SSSR count). The van der Waals surface area contributed by atoms with Gasteiger partial charge in [-0.25, -0.2) is 29.5 Å². The molecule has 2 aromatic heterocycles. The molecular formula is C57H80ClN13O5. The number of urea groups is 2. The molecule has 4 saturated heterocycles. The van der Waals surface area contributed by atoms with Crippen LogP contribution in [0.1, 0.15) is 101 Å². The highest BCUT2D eigenvalue weighted by Crippen LogP contribution is 2.52. The summed E-state index contributed by atoms with van der Waals surface area (Å²) in [4.78, 5) is 60.8. The molecule has 4 aromatic rings. The first-order chi connectivity index (χ1) is 36.3. The summed E-state index contributed by atoms with van der Waals surface area (Å²) in [7, 11) is 6.38. The third-order valence-corrected chi connectivity index (χ3v) is 19.0. The number of ether oxygens (including phenoxy) is 1. The molecule has 8 fully saturated rings. The van der Waals surface area contributed by atoms with Crippen LogP contribution in [0.4, 0.5) is 32.9 Å². The molecule has 0 radical (unpaired) electrons. The second-order valence-corrected chi connectivity index (χ2v) is 23.3. The van der Waals surface area contributed by atoms with E-state index in [0.29, 0.717) is 51.3 Å². The van der Waals surface area contributed by atoms with Crippen LogP contribution in [-0.2, 0) is 15.8 Å².